The molecule has 88 valence electrons. The van der Waals surface area contributed by atoms with Crippen LogP contribution in [0.15, 0.2) is 36.9 Å². The minimum atomic E-state index is -0.182. The van der Waals surface area contributed by atoms with E-state index in [0.717, 1.165) is 0 Å². The van der Waals surface area contributed by atoms with E-state index in [9.17, 15) is 9.90 Å². The Morgan fingerprint density at radius 3 is 2.94 bits per heavy atom. The van der Waals surface area contributed by atoms with E-state index in [1.54, 1.807) is 24.3 Å². The highest BCUT2D eigenvalue weighted by Crippen LogP contribution is 2.14. The zero-order valence-corrected chi connectivity index (χ0v) is 9.08. The second-order valence-corrected chi connectivity index (χ2v) is 3.50. The van der Waals surface area contributed by atoms with Crippen LogP contribution in [0.5, 0.6) is 5.75 Å². The highest BCUT2D eigenvalue weighted by atomic mass is 16.3. The second kappa shape index (κ2) is 5.11. The number of carbonyl (C=O) groups excluding carboxylic acids is 1. The van der Waals surface area contributed by atoms with Crippen LogP contribution in [0, 0.1) is 0 Å². The molecule has 0 fully saturated rings. The van der Waals surface area contributed by atoms with Gasteiger partial charge in [-0.2, -0.15) is 5.10 Å². The van der Waals surface area contributed by atoms with Crippen molar-refractivity contribution in [2.75, 3.05) is 0 Å². The summed E-state index contributed by atoms with van der Waals surface area (Å²) in [5.41, 5.74) is 0.680. The van der Waals surface area contributed by atoms with E-state index in [4.69, 9.17) is 0 Å². The minimum absolute atomic E-state index is 0.119. The predicted octanol–water partition coefficient (Wildman–Crippen LogP) is 0.300. The molecule has 1 aromatic heterocycles. The summed E-state index contributed by atoms with van der Waals surface area (Å²) in [5.74, 6) is -0.00712. The molecular weight excluding hydrogens is 220 g/mol. The lowest BCUT2D eigenvalue weighted by atomic mass is 10.2. The summed E-state index contributed by atoms with van der Waals surface area (Å²) in [5, 5.41) is 16.0. The summed E-state index contributed by atoms with van der Waals surface area (Å²) in [7, 11) is 0. The predicted molar refractivity (Wildman–Crippen MR) is 60.0 cm³/mol. The van der Waals surface area contributed by atoms with Gasteiger partial charge < -0.3 is 10.4 Å². The lowest BCUT2D eigenvalue weighted by Crippen LogP contribution is -2.27. The van der Waals surface area contributed by atoms with Gasteiger partial charge in [-0.05, 0) is 6.07 Å². The van der Waals surface area contributed by atoms with Gasteiger partial charge in [-0.3, -0.25) is 4.79 Å². The molecule has 0 saturated carbocycles. The molecule has 0 aliphatic rings. The van der Waals surface area contributed by atoms with Crippen LogP contribution in [0.25, 0.3) is 0 Å². The first-order valence-corrected chi connectivity index (χ1v) is 5.11. The van der Waals surface area contributed by atoms with Crippen molar-refractivity contribution in [2.24, 2.45) is 0 Å². The fourth-order valence-electron chi connectivity index (χ4n) is 1.37. The molecule has 0 atom stereocenters. The maximum Gasteiger partial charge on any atom is 0.242 e. The van der Waals surface area contributed by atoms with E-state index < -0.39 is 0 Å². The molecule has 17 heavy (non-hydrogen) atoms. The molecule has 0 saturated heterocycles. The number of hydrogen-bond donors (Lipinski definition) is 2. The third kappa shape index (κ3) is 3.04. The number of nitrogens with one attached hydrogen (secondary N) is 1. The largest absolute Gasteiger partial charge is 0.508 e. The normalized spacial score (nSPS) is 10.1. The van der Waals surface area contributed by atoms with E-state index in [-0.39, 0.29) is 18.2 Å². The van der Waals surface area contributed by atoms with Gasteiger partial charge in [0.2, 0.25) is 5.91 Å². The van der Waals surface area contributed by atoms with Gasteiger partial charge >= 0.3 is 0 Å². The number of para-hydroxylation sites is 1. The summed E-state index contributed by atoms with van der Waals surface area (Å²) >= 11 is 0. The fourth-order valence-corrected chi connectivity index (χ4v) is 1.37. The van der Waals surface area contributed by atoms with Gasteiger partial charge in [-0.1, -0.05) is 18.2 Å². The number of phenols is 1. The average Bonchev–Trinajstić information content (AvgIpc) is 2.81. The zero-order chi connectivity index (χ0) is 12.1. The Balaban J connectivity index is 1.86. The lowest BCUT2D eigenvalue weighted by molar-refractivity contribution is -0.122. The molecule has 6 heteroatoms. The smallest absolute Gasteiger partial charge is 0.242 e. The molecular formula is C11H12N4O2. The molecule has 2 rings (SSSR count). The number of benzene rings is 1. The first-order valence-electron chi connectivity index (χ1n) is 5.11. The van der Waals surface area contributed by atoms with E-state index in [1.807, 2.05) is 0 Å². The average molecular weight is 232 g/mol. The van der Waals surface area contributed by atoms with Gasteiger partial charge in [0.1, 0.15) is 24.9 Å². The molecule has 1 amide bonds. The van der Waals surface area contributed by atoms with Crippen LogP contribution >= 0.6 is 0 Å². The quantitative estimate of drug-likeness (QED) is 0.794. The molecule has 2 aromatic rings. The van der Waals surface area contributed by atoms with Gasteiger partial charge in [0.05, 0.1) is 0 Å². The molecule has 0 bridgehead atoms. The van der Waals surface area contributed by atoms with Gasteiger partial charge in [0.15, 0.2) is 0 Å². The molecule has 0 radical (unpaired) electrons. The van der Waals surface area contributed by atoms with Crippen molar-refractivity contribution in [3.8, 4) is 5.75 Å². The molecule has 0 unspecified atom stereocenters. The Morgan fingerprint density at radius 1 is 1.41 bits per heavy atom. The van der Waals surface area contributed by atoms with Crippen LogP contribution in [0.4, 0.5) is 0 Å². The van der Waals surface area contributed by atoms with E-state index in [0.29, 0.717) is 12.1 Å². The van der Waals surface area contributed by atoms with Crippen molar-refractivity contribution in [1.29, 1.82) is 0 Å². The van der Waals surface area contributed by atoms with Crippen molar-refractivity contribution >= 4 is 5.91 Å². The fraction of sp³-hybridized carbons (Fsp3) is 0.182. The van der Waals surface area contributed by atoms with E-state index in [1.165, 1.54) is 17.3 Å². The van der Waals surface area contributed by atoms with Crippen molar-refractivity contribution < 1.29 is 9.90 Å². The topological polar surface area (TPSA) is 80.0 Å². The number of amides is 1. The first-order chi connectivity index (χ1) is 8.25. The number of carbonyl (C=O) groups is 1. The number of hydrogen-bond acceptors (Lipinski definition) is 4. The van der Waals surface area contributed by atoms with Crippen LogP contribution in [0.1, 0.15) is 5.56 Å². The van der Waals surface area contributed by atoms with Crippen molar-refractivity contribution in [1.82, 2.24) is 20.1 Å². The van der Waals surface area contributed by atoms with Crippen LogP contribution in [-0.4, -0.2) is 25.8 Å². The molecule has 1 heterocycles. The molecule has 6 nitrogen and oxygen atoms in total. The van der Waals surface area contributed by atoms with E-state index in [2.05, 4.69) is 15.4 Å². The van der Waals surface area contributed by atoms with Gasteiger partial charge in [0, 0.05) is 12.1 Å². The maximum absolute atomic E-state index is 11.5. The summed E-state index contributed by atoms with van der Waals surface area (Å²) in [6.45, 7) is 0.411. The summed E-state index contributed by atoms with van der Waals surface area (Å²) in [4.78, 5) is 15.3. The molecule has 1 aromatic carbocycles. The number of rotatable bonds is 4. The highest BCUT2D eigenvalue weighted by molar-refractivity contribution is 5.75. The molecule has 0 spiro atoms. The number of nitrogens with zero attached hydrogens (tertiary/aromatic N) is 3. The van der Waals surface area contributed by atoms with Crippen LogP contribution < -0.4 is 5.32 Å². The number of aromatic hydroxyl groups is 1. The van der Waals surface area contributed by atoms with Crippen molar-refractivity contribution in [2.45, 2.75) is 13.1 Å². The lowest BCUT2D eigenvalue weighted by Gasteiger charge is -2.06. The Hall–Kier alpha value is -2.37. The third-order valence-corrected chi connectivity index (χ3v) is 2.24. The number of phenolic OH excluding ortho intramolecular Hbond substituents is 1. The van der Waals surface area contributed by atoms with Gasteiger partial charge in [-0.15, -0.1) is 0 Å². The Labute approximate surface area is 97.9 Å². The van der Waals surface area contributed by atoms with Crippen molar-refractivity contribution in [3.63, 3.8) is 0 Å². The molecule has 2 N–H and O–H groups in total. The van der Waals surface area contributed by atoms with Crippen molar-refractivity contribution in [3.05, 3.63) is 42.5 Å². The monoisotopic (exact) mass is 232 g/mol. The third-order valence-electron chi connectivity index (χ3n) is 2.24. The van der Waals surface area contributed by atoms with Crippen LogP contribution in [0.2, 0.25) is 0 Å². The highest BCUT2D eigenvalue weighted by Gasteiger charge is 2.04. The van der Waals surface area contributed by atoms with E-state index >= 15 is 0 Å². The standard InChI is InChI=1S/C11H12N4O2/c16-10-4-2-1-3-9(10)5-13-11(17)6-15-8-12-7-14-15/h1-4,7-8,16H,5-6H2,(H,13,17). The first kappa shape index (κ1) is 11.1. The van der Waals surface area contributed by atoms with Gasteiger partial charge in [-0.25, -0.2) is 9.67 Å². The molecule has 0 aliphatic heterocycles. The Kier molecular flexibility index (Phi) is 3.34. The zero-order valence-electron chi connectivity index (χ0n) is 9.08. The SMILES string of the molecule is O=C(Cn1cncn1)NCc1ccccc1O. The Morgan fingerprint density at radius 2 is 2.24 bits per heavy atom. The second-order valence-electron chi connectivity index (χ2n) is 3.50. The number of aromatic nitrogens is 3. The summed E-state index contributed by atoms with van der Waals surface area (Å²) in [6.07, 6.45) is 2.84. The minimum Gasteiger partial charge on any atom is -0.508 e. The molecule has 0 aliphatic carbocycles. The van der Waals surface area contributed by atoms with Gasteiger partial charge in [0.25, 0.3) is 0 Å². The van der Waals surface area contributed by atoms with Crippen LogP contribution in [0.3, 0.4) is 0 Å². The summed E-state index contributed by atoms with van der Waals surface area (Å²) < 4.78 is 1.43. The van der Waals surface area contributed by atoms with Crippen LogP contribution in [-0.2, 0) is 17.9 Å². The maximum atomic E-state index is 11.5. The Bertz CT molecular complexity index is 496. The summed E-state index contributed by atoms with van der Waals surface area (Å²) in [6, 6.07) is 6.87.